The molecule has 192 valence electrons. The minimum Gasteiger partial charge on any atom is -0.497 e. The van der Waals surface area contributed by atoms with Gasteiger partial charge in [0, 0.05) is 12.1 Å². The fourth-order valence-corrected chi connectivity index (χ4v) is 3.52. The van der Waals surface area contributed by atoms with E-state index in [1.807, 2.05) is 0 Å². The maximum Gasteiger partial charge on any atom is 0.453 e. The SMILES string of the molecule is COc1cc(OC)cc(C(=O)Oc2ccc3c(=O)c(Oc4cc(C)ccc4C)c(C(F)(F)F)oc3c2)c1. The van der Waals surface area contributed by atoms with Gasteiger partial charge in [-0.15, -0.1) is 0 Å². The van der Waals surface area contributed by atoms with E-state index in [1.54, 1.807) is 32.0 Å². The van der Waals surface area contributed by atoms with Crippen molar-refractivity contribution in [1.82, 2.24) is 0 Å². The van der Waals surface area contributed by atoms with Gasteiger partial charge in [0.2, 0.25) is 11.2 Å². The zero-order valence-electron chi connectivity index (χ0n) is 20.2. The summed E-state index contributed by atoms with van der Waals surface area (Å²) in [6.07, 6.45) is -5.04. The summed E-state index contributed by atoms with van der Waals surface area (Å²) in [6.45, 7) is 3.38. The zero-order chi connectivity index (χ0) is 26.9. The van der Waals surface area contributed by atoms with E-state index in [0.29, 0.717) is 17.1 Å². The second kappa shape index (κ2) is 9.88. The molecular weight excluding hydrogens is 493 g/mol. The fraction of sp³-hybridized carbons (Fsp3) is 0.185. The number of ether oxygens (including phenoxy) is 4. The lowest BCUT2D eigenvalue weighted by Gasteiger charge is -2.15. The lowest BCUT2D eigenvalue weighted by atomic mass is 10.1. The minimum absolute atomic E-state index is 0.0750. The first kappa shape index (κ1) is 25.6. The van der Waals surface area contributed by atoms with E-state index in [9.17, 15) is 22.8 Å². The minimum atomic E-state index is -5.04. The molecule has 0 saturated heterocycles. The number of aryl methyl sites for hydroxylation is 2. The second-order valence-corrected chi connectivity index (χ2v) is 8.11. The van der Waals surface area contributed by atoms with E-state index < -0.39 is 34.7 Å². The first-order valence-electron chi connectivity index (χ1n) is 10.9. The summed E-state index contributed by atoms with van der Waals surface area (Å²) in [4.78, 5) is 25.7. The summed E-state index contributed by atoms with van der Waals surface area (Å²) < 4.78 is 67.8. The van der Waals surface area contributed by atoms with Crippen molar-refractivity contribution in [3.63, 3.8) is 0 Å². The Balaban J connectivity index is 1.75. The lowest BCUT2D eigenvalue weighted by molar-refractivity contribution is -0.154. The maximum absolute atomic E-state index is 13.9. The molecule has 0 spiro atoms. The highest BCUT2D eigenvalue weighted by Crippen LogP contribution is 2.39. The molecule has 7 nitrogen and oxygen atoms in total. The largest absolute Gasteiger partial charge is 0.497 e. The number of carbonyl (C=O) groups is 1. The molecule has 4 aromatic rings. The van der Waals surface area contributed by atoms with Crippen LogP contribution in [-0.2, 0) is 6.18 Å². The van der Waals surface area contributed by atoms with Gasteiger partial charge in [-0.05, 0) is 55.3 Å². The van der Waals surface area contributed by atoms with E-state index in [-0.39, 0.29) is 22.4 Å². The van der Waals surface area contributed by atoms with Crippen molar-refractivity contribution in [3.8, 4) is 28.7 Å². The number of fused-ring (bicyclic) bond motifs is 1. The summed E-state index contributed by atoms with van der Waals surface area (Å²) in [6, 6.07) is 12.8. The van der Waals surface area contributed by atoms with E-state index in [0.717, 1.165) is 11.6 Å². The van der Waals surface area contributed by atoms with Gasteiger partial charge in [-0.3, -0.25) is 4.79 Å². The summed E-state index contributed by atoms with van der Waals surface area (Å²) in [7, 11) is 2.82. The van der Waals surface area contributed by atoms with E-state index in [1.165, 1.54) is 44.6 Å². The fourth-order valence-electron chi connectivity index (χ4n) is 3.52. The first-order valence-corrected chi connectivity index (χ1v) is 10.9. The molecule has 1 heterocycles. The molecule has 0 bridgehead atoms. The van der Waals surface area contributed by atoms with Gasteiger partial charge in [0.1, 0.15) is 28.6 Å². The monoisotopic (exact) mass is 514 g/mol. The van der Waals surface area contributed by atoms with Crippen LogP contribution in [0.3, 0.4) is 0 Å². The standard InChI is InChI=1S/C27H21F3O7/c1-14-5-6-15(2)21(9-14)36-24-23(31)20-8-7-17(13-22(20)37-25(24)27(28,29)30)35-26(32)16-10-18(33-3)12-19(11-16)34-4/h5-13H,1-4H3. The molecule has 4 rings (SSSR count). The second-order valence-electron chi connectivity index (χ2n) is 8.11. The van der Waals surface area contributed by atoms with Crippen molar-refractivity contribution >= 4 is 16.9 Å². The Morgan fingerprint density at radius 2 is 1.54 bits per heavy atom. The van der Waals surface area contributed by atoms with Gasteiger partial charge in [0.05, 0.1) is 25.2 Å². The van der Waals surface area contributed by atoms with Crippen LogP contribution in [-0.4, -0.2) is 20.2 Å². The Kier molecular flexibility index (Phi) is 6.84. The van der Waals surface area contributed by atoms with Crippen molar-refractivity contribution in [2.45, 2.75) is 20.0 Å². The van der Waals surface area contributed by atoms with Crippen LogP contribution in [0.25, 0.3) is 11.0 Å². The van der Waals surface area contributed by atoms with Gasteiger partial charge in [-0.2, -0.15) is 13.2 Å². The molecule has 0 aliphatic heterocycles. The normalized spacial score (nSPS) is 11.3. The topological polar surface area (TPSA) is 84.2 Å². The molecule has 0 aliphatic carbocycles. The summed E-state index contributed by atoms with van der Waals surface area (Å²) >= 11 is 0. The summed E-state index contributed by atoms with van der Waals surface area (Å²) in [5, 5.41) is -0.184. The number of benzene rings is 3. The molecule has 37 heavy (non-hydrogen) atoms. The Bertz CT molecular complexity index is 1530. The Morgan fingerprint density at radius 3 is 2.16 bits per heavy atom. The number of rotatable bonds is 6. The molecule has 10 heteroatoms. The molecule has 0 saturated carbocycles. The number of carbonyl (C=O) groups excluding carboxylic acids is 1. The highest BCUT2D eigenvalue weighted by Gasteiger charge is 2.40. The third kappa shape index (κ3) is 5.37. The van der Waals surface area contributed by atoms with Crippen molar-refractivity contribution in [1.29, 1.82) is 0 Å². The molecule has 0 aliphatic rings. The zero-order valence-corrected chi connectivity index (χ0v) is 20.2. The Morgan fingerprint density at radius 1 is 0.865 bits per heavy atom. The highest BCUT2D eigenvalue weighted by atomic mass is 19.4. The van der Waals surface area contributed by atoms with Gasteiger partial charge in [0.25, 0.3) is 5.76 Å². The van der Waals surface area contributed by atoms with Crippen LogP contribution in [0.15, 0.2) is 63.8 Å². The van der Waals surface area contributed by atoms with Crippen LogP contribution in [0, 0.1) is 13.8 Å². The van der Waals surface area contributed by atoms with Crippen molar-refractivity contribution in [2.24, 2.45) is 0 Å². The molecule has 0 N–H and O–H groups in total. The lowest BCUT2D eigenvalue weighted by Crippen LogP contribution is -2.16. The Hall–Kier alpha value is -4.47. The van der Waals surface area contributed by atoms with Gasteiger partial charge in [-0.1, -0.05) is 12.1 Å². The van der Waals surface area contributed by atoms with Crippen molar-refractivity contribution in [3.05, 3.63) is 87.3 Å². The van der Waals surface area contributed by atoms with Crippen molar-refractivity contribution < 1.29 is 41.3 Å². The van der Waals surface area contributed by atoms with E-state index in [4.69, 9.17) is 23.4 Å². The highest BCUT2D eigenvalue weighted by molar-refractivity contribution is 5.92. The number of esters is 1. The summed E-state index contributed by atoms with van der Waals surface area (Å²) in [5.41, 5.74) is -0.107. The molecule has 3 aromatic carbocycles. The number of halogens is 3. The average molecular weight is 514 g/mol. The first-order chi connectivity index (χ1) is 17.5. The average Bonchev–Trinajstić information content (AvgIpc) is 2.86. The maximum atomic E-state index is 13.9. The van der Waals surface area contributed by atoms with Crippen molar-refractivity contribution in [2.75, 3.05) is 14.2 Å². The number of methoxy groups -OCH3 is 2. The van der Waals surface area contributed by atoms with Crippen LogP contribution in [0.1, 0.15) is 27.2 Å². The molecule has 1 aromatic heterocycles. The molecule has 0 radical (unpaired) electrons. The van der Waals surface area contributed by atoms with Crippen LogP contribution in [0.5, 0.6) is 28.7 Å². The van der Waals surface area contributed by atoms with Gasteiger partial charge in [0.15, 0.2) is 0 Å². The smallest absolute Gasteiger partial charge is 0.453 e. The third-order valence-corrected chi connectivity index (χ3v) is 5.43. The third-order valence-electron chi connectivity index (χ3n) is 5.43. The van der Waals surface area contributed by atoms with Crippen LogP contribution in [0.2, 0.25) is 0 Å². The van der Waals surface area contributed by atoms with Gasteiger partial charge >= 0.3 is 12.1 Å². The van der Waals surface area contributed by atoms with Crippen LogP contribution in [0.4, 0.5) is 13.2 Å². The van der Waals surface area contributed by atoms with E-state index >= 15 is 0 Å². The Labute approximate surface area is 208 Å². The number of hydrogen-bond donors (Lipinski definition) is 0. The van der Waals surface area contributed by atoms with Gasteiger partial charge < -0.3 is 23.4 Å². The summed E-state index contributed by atoms with van der Waals surface area (Å²) in [5.74, 6) is -2.79. The molecule has 0 amide bonds. The predicted octanol–water partition coefficient (Wildman–Crippen LogP) is 6.46. The van der Waals surface area contributed by atoms with E-state index in [2.05, 4.69) is 0 Å². The molecule has 0 fully saturated rings. The van der Waals surface area contributed by atoms with Gasteiger partial charge in [-0.25, -0.2) is 4.79 Å². The number of hydrogen-bond acceptors (Lipinski definition) is 7. The molecular formula is C27H21F3O7. The van der Waals surface area contributed by atoms with Crippen LogP contribution < -0.4 is 24.4 Å². The molecule has 0 unspecified atom stereocenters. The molecule has 0 atom stereocenters. The predicted molar refractivity (Wildman–Crippen MR) is 128 cm³/mol. The van der Waals surface area contributed by atoms with Crippen LogP contribution >= 0.6 is 0 Å². The number of alkyl halides is 3. The quantitative estimate of drug-likeness (QED) is 0.216.